The molecule has 1 heterocycles. The van der Waals surface area contributed by atoms with E-state index < -0.39 is 17.7 Å². The lowest BCUT2D eigenvalue weighted by atomic mass is 9.80. The van der Waals surface area contributed by atoms with E-state index in [0.717, 1.165) is 5.56 Å². The van der Waals surface area contributed by atoms with Crippen LogP contribution in [0.25, 0.3) is 6.08 Å². The molecule has 0 aromatic heterocycles. The minimum absolute atomic E-state index is 0.0641. The van der Waals surface area contributed by atoms with E-state index in [2.05, 4.69) is 12.1 Å². The number of carbonyl (C=O) groups excluding carboxylic acids is 2. The molecule has 4 heteroatoms. The molecule has 2 aliphatic rings. The van der Waals surface area contributed by atoms with Crippen molar-refractivity contribution >= 4 is 18.0 Å². The molecule has 1 saturated carbocycles. The van der Waals surface area contributed by atoms with Crippen molar-refractivity contribution in [3.05, 3.63) is 41.0 Å². The van der Waals surface area contributed by atoms with Gasteiger partial charge >= 0.3 is 11.9 Å². The SMILES string of the molecule is CC1(C)OC(=O)C(=Cc2ccc(C3CCC3)cc2)C(=O)O1. The van der Waals surface area contributed by atoms with Crippen molar-refractivity contribution in [2.75, 3.05) is 0 Å². The Bertz CT molecular complexity index is 584. The number of benzene rings is 1. The zero-order chi connectivity index (χ0) is 15.0. The van der Waals surface area contributed by atoms with Gasteiger partial charge in [-0.05, 0) is 36.0 Å². The van der Waals surface area contributed by atoms with Crippen LogP contribution < -0.4 is 0 Å². The zero-order valence-corrected chi connectivity index (χ0v) is 12.2. The normalized spacial score (nSPS) is 21.3. The van der Waals surface area contributed by atoms with Gasteiger partial charge < -0.3 is 9.47 Å². The van der Waals surface area contributed by atoms with Gasteiger partial charge in [0.2, 0.25) is 0 Å². The van der Waals surface area contributed by atoms with Crippen molar-refractivity contribution < 1.29 is 19.1 Å². The van der Waals surface area contributed by atoms with Crippen LogP contribution in [0.3, 0.4) is 0 Å². The van der Waals surface area contributed by atoms with Crippen molar-refractivity contribution in [3.63, 3.8) is 0 Å². The quantitative estimate of drug-likeness (QED) is 0.476. The van der Waals surface area contributed by atoms with Gasteiger partial charge in [-0.2, -0.15) is 0 Å². The molecule has 1 aliphatic carbocycles. The lowest BCUT2D eigenvalue weighted by molar-refractivity contribution is -0.222. The Morgan fingerprint density at radius 3 is 2.10 bits per heavy atom. The molecule has 0 bridgehead atoms. The minimum Gasteiger partial charge on any atom is -0.419 e. The molecule has 2 fully saturated rings. The van der Waals surface area contributed by atoms with Crippen molar-refractivity contribution in [1.29, 1.82) is 0 Å². The van der Waals surface area contributed by atoms with Crippen molar-refractivity contribution in [2.45, 2.75) is 44.8 Å². The summed E-state index contributed by atoms with van der Waals surface area (Å²) in [6.45, 7) is 3.07. The van der Waals surface area contributed by atoms with Gasteiger partial charge in [-0.3, -0.25) is 0 Å². The van der Waals surface area contributed by atoms with Crippen LogP contribution in [-0.4, -0.2) is 17.7 Å². The highest BCUT2D eigenvalue weighted by atomic mass is 16.7. The number of esters is 2. The van der Waals surface area contributed by atoms with E-state index >= 15 is 0 Å². The van der Waals surface area contributed by atoms with Gasteiger partial charge in [0.05, 0.1) is 0 Å². The number of ether oxygens (including phenoxy) is 2. The zero-order valence-electron chi connectivity index (χ0n) is 12.2. The monoisotopic (exact) mass is 286 g/mol. The summed E-state index contributed by atoms with van der Waals surface area (Å²) in [5, 5.41) is 0. The van der Waals surface area contributed by atoms with Crippen LogP contribution in [-0.2, 0) is 19.1 Å². The van der Waals surface area contributed by atoms with Crippen molar-refractivity contribution in [1.82, 2.24) is 0 Å². The predicted molar refractivity (Wildman–Crippen MR) is 77.3 cm³/mol. The maximum atomic E-state index is 11.9. The number of carbonyl (C=O) groups is 2. The molecule has 0 radical (unpaired) electrons. The third-order valence-corrected chi connectivity index (χ3v) is 3.94. The molecule has 0 amide bonds. The molecule has 110 valence electrons. The van der Waals surface area contributed by atoms with Crippen LogP contribution in [0.4, 0.5) is 0 Å². The molecule has 0 N–H and O–H groups in total. The Morgan fingerprint density at radius 1 is 1.05 bits per heavy atom. The highest BCUT2D eigenvalue weighted by molar-refractivity contribution is 6.18. The van der Waals surface area contributed by atoms with Gasteiger partial charge in [-0.25, -0.2) is 9.59 Å². The fraction of sp³-hybridized carbons (Fsp3) is 0.412. The molecule has 0 unspecified atom stereocenters. The lowest BCUT2D eigenvalue weighted by Gasteiger charge is -2.29. The Labute approximate surface area is 123 Å². The van der Waals surface area contributed by atoms with Crippen LogP contribution in [0, 0.1) is 0 Å². The molecule has 1 aliphatic heterocycles. The average molecular weight is 286 g/mol. The highest BCUT2D eigenvalue weighted by Crippen LogP contribution is 2.36. The van der Waals surface area contributed by atoms with Gasteiger partial charge in [-0.15, -0.1) is 0 Å². The summed E-state index contributed by atoms with van der Waals surface area (Å²) in [6, 6.07) is 7.95. The minimum atomic E-state index is -1.19. The summed E-state index contributed by atoms with van der Waals surface area (Å²) in [7, 11) is 0. The summed E-state index contributed by atoms with van der Waals surface area (Å²) >= 11 is 0. The molecular weight excluding hydrogens is 268 g/mol. The molecule has 4 nitrogen and oxygen atoms in total. The van der Waals surface area contributed by atoms with E-state index in [0.29, 0.717) is 5.92 Å². The first-order valence-electron chi connectivity index (χ1n) is 7.23. The first-order chi connectivity index (χ1) is 9.94. The average Bonchev–Trinajstić information content (AvgIpc) is 2.32. The summed E-state index contributed by atoms with van der Waals surface area (Å²) in [4.78, 5) is 23.7. The van der Waals surface area contributed by atoms with Crippen LogP contribution in [0.15, 0.2) is 29.8 Å². The second-order valence-electron chi connectivity index (χ2n) is 6.03. The second kappa shape index (κ2) is 5.02. The van der Waals surface area contributed by atoms with E-state index in [1.807, 2.05) is 12.1 Å². The van der Waals surface area contributed by atoms with Gasteiger partial charge in [0.1, 0.15) is 5.57 Å². The van der Waals surface area contributed by atoms with Crippen molar-refractivity contribution in [3.8, 4) is 0 Å². The van der Waals surface area contributed by atoms with Crippen LogP contribution in [0.1, 0.15) is 50.2 Å². The second-order valence-corrected chi connectivity index (χ2v) is 6.03. The summed E-state index contributed by atoms with van der Waals surface area (Å²) in [5.41, 5.74) is 2.05. The molecule has 3 rings (SSSR count). The smallest absolute Gasteiger partial charge is 0.348 e. The Hall–Kier alpha value is -2.10. The molecule has 1 saturated heterocycles. The number of hydrogen-bond donors (Lipinski definition) is 0. The van der Waals surface area contributed by atoms with E-state index in [1.165, 1.54) is 44.7 Å². The molecule has 1 aromatic rings. The van der Waals surface area contributed by atoms with E-state index in [-0.39, 0.29) is 5.57 Å². The first kappa shape index (κ1) is 13.9. The number of rotatable bonds is 2. The Morgan fingerprint density at radius 2 is 1.62 bits per heavy atom. The van der Waals surface area contributed by atoms with Crippen LogP contribution in [0.2, 0.25) is 0 Å². The third kappa shape index (κ3) is 2.84. The lowest BCUT2D eigenvalue weighted by Crippen LogP contribution is -2.41. The number of hydrogen-bond acceptors (Lipinski definition) is 4. The number of cyclic esters (lactones) is 2. The van der Waals surface area contributed by atoms with Gasteiger partial charge in [-0.1, -0.05) is 30.7 Å². The topological polar surface area (TPSA) is 52.6 Å². The molecule has 0 atom stereocenters. The van der Waals surface area contributed by atoms with E-state index in [4.69, 9.17) is 9.47 Å². The standard InChI is InChI=1S/C17H18O4/c1-17(2)20-15(18)14(16(19)21-17)10-11-6-8-13(9-7-11)12-4-3-5-12/h6-10,12H,3-5H2,1-2H3. The van der Waals surface area contributed by atoms with Crippen LogP contribution >= 0.6 is 0 Å². The van der Waals surface area contributed by atoms with Gasteiger partial charge in [0.15, 0.2) is 0 Å². The Balaban J connectivity index is 1.80. The molecular formula is C17H18O4. The predicted octanol–water partition coefficient (Wildman–Crippen LogP) is 3.17. The summed E-state index contributed by atoms with van der Waals surface area (Å²) < 4.78 is 10.1. The van der Waals surface area contributed by atoms with Gasteiger partial charge in [0.25, 0.3) is 5.79 Å². The van der Waals surface area contributed by atoms with E-state index in [9.17, 15) is 9.59 Å². The molecule has 1 aromatic carbocycles. The fourth-order valence-electron chi connectivity index (χ4n) is 2.55. The van der Waals surface area contributed by atoms with Crippen molar-refractivity contribution in [2.24, 2.45) is 0 Å². The molecule has 0 spiro atoms. The van der Waals surface area contributed by atoms with E-state index in [1.54, 1.807) is 0 Å². The summed E-state index contributed by atoms with van der Waals surface area (Å²) in [5.74, 6) is -1.81. The maximum absolute atomic E-state index is 11.9. The maximum Gasteiger partial charge on any atom is 0.348 e. The third-order valence-electron chi connectivity index (χ3n) is 3.94. The molecule has 21 heavy (non-hydrogen) atoms. The highest BCUT2D eigenvalue weighted by Gasteiger charge is 2.38. The largest absolute Gasteiger partial charge is 0.419 e. The van der Waals surface area contributed by atoms with Gasteiger partial charge in [0, 0.05) is 13.8 Å². The summed E-state index contributed by atoms with van der Waals surface area (Å²) in [6.07, 6.45) is 5.30. The fourth-order valence-corrected chi connectivity index (χ4v) is 2.55. The first-order valence-corrected chi connectivity index (χ1v) is 7.23. The Kier molecular flexibility index (Phi) is 3.32. The van der Waals surface area contributed by atoms with Crippen LogP contribution in [0.5, 0.6) is 0 Å².